The average Bonchev–Trinajstić information content (AvgIpc) is 2.92. The van der Waals surface area contributed by atoms with Gasteiger partial charge in [-0.3, -0.25) is 4.79 Å². The van der Waals surface area contributed by atoms with E-state index in [0.29, 0.717) is 18.9 Å². The molecular weight excluding hydrogens is 226 g/mol. The maximum atomic E-state index is 12.2. The van der Waals surface area contributed by atoms with Crippen LogP contribution in [0.5, 0.6) is 0 Å². The van der Waals surface area contributed by atoms with Crippen LogP contribution in [0.1, 0.15) is 32.2 Å². The van der Waals surface area contributed by atoms with Crippen LogP contribution in [0, 0.1) is 5.92 Å². The second kappa shape index (κ2) is 6.05. The number of piperidine rings is 1. The summed E-state index contributed by atoms with van der Waals surface area (Å²) in [4.78, 5) is 14.2. The molecule has 0 saturated carbocycles. The number of rotatable bonds is 4. The molecule has 2 unspecified atom stereocenters. The third kappa shape index (κ3) is 3.13. The lowest BCUT2D eigenvalue weighted by molar-refractivity contribution is -0.133. The first-order chi connectivity index (χ1) is 8.70. The van der Waals surface area contributed by atoms with Crippen molar-refractivity contribution in [1.82, 2.24) is 9.47 Å². The largest absolute Gasteiger partial charge is 0.351 e. The van der Waals surface area contributed by atoms with Crippen LogP contribution in [-0.2, 0) is 4.79 Å². The van der Waals surface area contributed by atoms with Crippen LogP contribution >= 0.6 is 0 Å². The van der Waals surface area contributed by atoms with E-state index in [-0.39, 0.29) is 11.9 Å². The van der Waals surface area contributed by atoms with Crippen LogP contribution in [0.2, 0.25) is 0 Å². The zero-order chi connectivity index (χ0) is 13.0. The highest BCUT2D eigenvalue weighted by molar-refractivity contribution is 5.76. The van der Waals surface area contributed by atoms with Crippen molar-refractivity contribution in [3.63, 3.8) is 0 Å². The monoisotopic (exact) mass is 249 g/mol. The molecule has 18 heavy (non-hydrogen) atoms. The summed E-state index contributed by atoms with van der Waals surface area (Å²) < 4.78 is 2.09. The van der Waals surface area contributed by atoms with E-state index < -0.39 is 0 Å². The third-order valence-corrected chi connectivity index (χ3v) is 3.81. The predicted molar refractivity (Wildman–Crippen MR) is 72.1 cm³/mol. The Balaban J connectivity index is 1.87. The van der Waals surface area contributed by atoms with Crippen molar-refractivity contribution in [2.24, 2.45) is 11.7 Å². The topological polar surface area (TPSA) is 51.3 Å². The maximum absolute atomic E-state index is 12.2. The summed E-state index contributed by atoms with van der Waals surface area (Å²) in [5.74, 6) is 0.749. The number of nitrogens with two attached hydrogens (primary N) is 1. The molecule has 2 rings (SSSR count). The minimum absolute atomic E-state index is 0.228. The van der Waals surface area contributed by atoms with Gasteiger partial charge in [0, 0.05) is 37.9 Å². The summed E-state index contributed by atoms with van der Waals surface area (Å²) in [5.41, 5.74) is 5.70. The fourth-order valence-electron chi connectivity index (χ4n) is 2.61. The lowest BCUT2D eigenvalue weighted by Crippen LogP contribution is -2.42. The van der Waals surface area contributed by atoms with E-state index in [9.17, 15) is 4.79 Å². The SMILES string of the molecule is CC(CC(=O)N1CCCC(CN)C1)n1cccc1. The van der Waals surface area contributed by atoms with Gasteiger partial charge >= 0.3 is 0 Å². The first-order valence-electron chi connectivity index (χ1n) is 6.81. The molecule has 1 aromatic rings. The zero-order valence-corrected chi connectivity index (χ0v) is 11.1. The summed E-state index contributed by atoms with van der Waals surface area (Å²) in [5, 5.41) is 0. The van der Waals surface area contributed by atoms with E-state index in [0.717, 1.165) is 25.9 Å². The highest BCUT2D eigenvalue weighted by Crippen LogP contribution is 2.19. The Morgan fingerprint density at radius 2 is 2.17 bits per heavy atom. The van der Waals surface area contributed by atoms with Crippen LogP contribution in [-0.4, -0.2) is 35.0 Å². The highest BCUT2D eigenvalue weighted by atomic mass is 16.2. The van der Waals surface area contributed by atoms with E-state index in [1.165, 1.54) is 0 Å². The van der Waals surface area contributed by atoms with Gasteiger partial charge in [-0.2, -0.15) is 0 Å². The summed E-state index contributed by atoms with van der Waals surface area (Å²) in [6.45, 7) is 4.51. The Hall–Kier alpha value is -1.29. The molecule has 1 fully saturated rings. The number of aromatic nitrogens is 1. The Morgan fingerprint density at radius 1 is 1.44 bits per heavy atom. The van der Waals surface area contributed by atoms with Crippen molar-refractivity contribution in [2.45, 2.75) is 32.2 Å². The summed E-state index contributed by atoms with van der Waals surface area (Å²) in [7, 11) is 0. The Bertz CT molecular complexity index is 374. The molecule has 0 aromatic carbocycles. The number of carbonyl (C=O) groups excluding carboxylic acids is 1. The first-order valence-corrected chi connectivity index (χ1v) is 6.81. The number of carbonyl (C=O) groups is 1. The molecule has 4 heteroatoms. The molecule has 1 aromatic heterocycles. The van der Waals surface area contributed by atoms with Gasteiger partial charge < -0.3 is 15.2 Å². The average molecular weight is 249 g/mol. The molecule has 0 radical (unpaired) electrons. The van der Waals surface area contributed by atoms with Gasteiger partial charge in [0.2, 0.25) is 5.91 Å². The molecule has 2 N–H and O–H groups in total. The van der Waals surface area contributed by atoms with Crippen molar-refractivity contribution in [3.05, 3.63) is 24.5 Å². The van der Waals surface area contributed by atoms with E-state index in [1.54, 1.807) is 0 Å². The van der Waals surface area contributed by atoms with Gasteiger partial charge in [-0.25, -0.2) is 0 Å². The number of likely N-dealkylation sites (tertiary alicyclic amines) is 1. The molecule has 1 amide bonds. The minimum Gasteiger partial charge on any atom is -0.351 e. The molecular formula is C14H23N3O. The van der Waals surface area contributed by atoms with Gasteiger partial charge in [-0.1, -0.05) is 0 Å². The molecule has 1 aliphatic heterocycles. The van der Waals surface area contributed by atoms with Crippen molar-refractivity contribution in [3.8, 4) is 0 Å². The number of hydrogen-bond donors (Lipinski definition) is 1. The standard InChI is InChI=1S/C14H23N3O/c1-12(16-6-2-3-7-16)9-14(18)17-8-4-5-13(10-15)11-17/h2-3,6-7,12-13H,4-5,8-11,15H2,1H3. The molecule has 0 spiro atoms. The van der Waals surface area contributed by atoms with Crippen molar-refractivity contribution in [1.29, 1.82) is 0 Å². The van der Waals surface area contributed by atoms with Crippen LogP contribution in [0.15, 0.2) is 24.5 Å². The smallest absolute Gasteiger partial charge is 0.224 e. The molecule has 4 nitrogen and oxygen atoms in total. The van der Waals surface area contributed by atoms with Gasteiger partial charge in [0.1, 0.15) is 0 Å². The lowest BCUT2D eigenvalue weighted by atomic mass is 9.98. The number of hydrogen-bond acceptors (Lipinski definition) is 2. The molecule has 0 aliphatic carbocycles. The molecule has 100 valence electrons. The Kier molecular flexibility index (Phi) is 4.42. The van der Waals surface area contributed by atoms with Gasteiger partial charge in [0.25, 0.3) is 0 Å². The van der Waals surface area contributed by atoms with Gasteiger partial charge in [-0.05, 0) is 44.4 Å². The summed E-state index contributed by atoms with van der Waals surface area (Å²) in [6.07, 6.45) is 6.85. The minimum atomic E-state index is 0.228. The van der Waals surface area contributed by atoms with Crippen LogP contribution in [0.25, 0.3) is 0 Å². The molecule has 1 aliphatic rings. The Labute approximate surface area is 109 Å². The molecule has 1 saturated heterocycles. The van der Waals surface area contributed by atoms with Crippen molar-refractivity contribution >= 4 is 5.91 Å². The maximum Gasteiger partial charge on any atom is 0.224 e. The van der Waals surface area contributed by atoms with Crippen molar-refractivity contribution < 1.29 is 4.79 Å². The van der Waals surface area contributed by atoms with Crippen LogP contribution < -0.4 is 5.73 Å². The quantitative estimate of drug-likeness (QED) is 0.882. The predicted octanol–water partition coefficient (Wildman–Crippen LogP) is 1.64. The van der Waals surface area contributed by atoms with Crippen LogP contribution in [0.3, 0.4) is 0 Å². The second-order valence-corrected chi connectivity index (χ2v) is 5.27. The fraction of sp³-hybridized carbons (Fsp3) is 0.643. The van der Waals surface area contributed by atoms with E-state index in [2.05, 4.69) is 11.5 Å². The number of nitrogens with zero attached hydrogens (tertiary/aromatic N) is 2. The van der Waals surface area contributed by atoms with E-state index in [4.69, 9.17) is 5.73 Å². The van der Waals surface area contributed by atoms with E-state index >= 15 is 0 Å². The molecule has 2 heterocycles. The summed E-state index contributed by atoms with van der Waals surface area (Å²) in [6, 6.07) is 4.21. The third-order valence-electron chi connectivity index (χ3n) is 3.81. The second-order valence-electron chi connectivity index (χ2n) is 5.27. The fourth-order valence-corrected chi connectivity index (χ4v) is 2.61. The Morgan fingerprint density at radius 3 is 2.83 bits per heavy atom. The van der Waals surface area contributed by atoms with Gasteiger partial charge in [0.05, 0.1) is 0 Å². The first kappa shape index (κ1) is 13.1. The van der Waals surface area contributed by atoms with E-state index in [1.807, 2.05) is 29.4 Å². The summed E-state index contributed by atoms with van der Waals surface area (Å²) >= 11 is 0. The zero-order valence-electron chi connectivity index (χ0n) is 11.1. The van der Waals surface area contributed by atoms with Crippen molar-refractivity contribution in [2.75, 3.05) is 19.6 Å². The van der Waals surface area contributed by atoms with Crippen LogP contribution in [0.4, 0.5) is 0 Å². The molecule has 0 bridgehead atoms. The van der Waals surface area contributed by atoms with Gasteiger partial charge in [0.15, 0.2) is 0 Å². The number of amides is 1. The van der Waals surface area contributed by atoms with Gasteiger partial charge in [-0.15, -0.1) is 0 Å². The normalized spacial score (nSPS) is 21.9. The molecule has 2 atom stereocenters. The highest BCUT2D eigenvalue weighted by Gasteiger charge is 2.23. The lowest BCUT2D eigenvalue weighted by Gasteiger charge is -2.33.